The van der Waals surface area contributed by atoms with Gasteiger partial charge in [-0.15, -0.1) is 0 Å². The minimum atomic E-state index is -0.262. The molecule has 1 aromatic heterocycles. The number of piperidine rings is 1. The number of anilines is 1. The van der Waals surface area contributed by atoms with Crippen molar-refractivity contribution in [2.45, 2.75) is 19.4 Å². The second kappa shape index (κ2) is 9.26. The van der Waals surface area contributed by atoms with Crippen molar-refractivity contribution >= 4 is 17.7 Å². The Balaban J connectivity index is 1.23. The molecule has 1 aliphatic rings. The van der Waals surface area contributed by atoms with Crippen LogP contribution in [0.2, 0.25) is 0 Å². The van der Waals surface area contributed by atoms with E-state index in [2.05, 4.69) is 10.3 Å². The molecule has 30 heavy (non-hydrogen) atoms. The van der Waals surface area contributed by atoms with Crippen LogP contribution in [0.3, 0.4) is 0 Å². The molecule has 1 aliphatic heterocycles. The number of benzene rings is 2. The molecular weight excluding hydrogens is 382 g/mol. The first-order chi connectivity index (χ1) is 14.7. The molecule has 1 N–H and O–H groups in total. The van der Waals surface area contributed by atoms with Gasteiger partial charge in [0, 0.05) is 24.3 Å². The number of esters is 1. The summed E-state index contributed by atoms with van der Waals surface area (Å²) in [6.07, 6.45) is 2.66. The van der Waals surface area contributed by atoms with Crippen LogP contribution in [0, 0.1) is 5.92 Å². The first-order valence-electron chi connectivity index (χ1n) is 9.96. The van der Waals surface area contributed by atoms with Gasteiger partial charge in [-0.3, -0.25) is 4.79 Å². The summed E-state index contributed by atoms with van der Waals surface area (Å²) in [6, 6.07) is 18.7. The highest BCUT2D eigenvalue weighted by molar-refractivity contribution is 5.89. The average Bonchev–Trinajstić information content (AvgIpc) is 3.28. The predicted octanol–water partition coefficient (Wildman–Crippen LogP) is 4.33. The molecule has 154 valence electrons. The van der Waals surface area contributed by atoms with Crippen LogP contribution >= 0.6 is 0 Å². The Kier molecular flexibility index (Phi) is 6.08. The third kappa shape index (κ3) is 4.86. The number of nitrogens with one attached hydrogen (secondary N) is 1. The Labute approximate surface area is 174 Å². The molecule has 2 heterocycles. The number of hydrogen-bond acceptors (Lipinski definition) is 5. The summed E-state index contributed by atoms with van der Waals surface area (Å²) < 4.78 is 10.9. The van der Waals surface area contributed by atoms with Gasteiger partial charge in [0.2, 0.25) is 5.89 Å². The lowest BCUT2D eigenvalue weighted by atomic mass is 9.97. The van der Waals surface area contributed by atoms with Crippen LogP contribution < -0.4 is 5.32 Å². The van der Waals surface area contributed by atoms with E-state index in [9.17, 15) is 9.59 Å². The molecule has 0 aliphatic carbocycles. The summed E-state index contributed by atoms with van der Waals surface area (Å²) in [6.45, 7) is 1.10. The molecule has 0 bridgehead atoms. The van der Waals surface area contributed by atoms with Crippen LogP contribution in [0.15, 0.2) is 71.3 Å². The number of carbonyl (C=O) groups is 2. The Hall–Kier alpha value is -3.61. The summed E-state index contributed by atoms with van der Waals surface area (Å²) in [5.41, 5.74) is 2.20. The number of aromatic nitrogens is 1. The predicted molar refractivity (Wildman–Crippen MR) is 111 cm³/mol. The lowest BCUT2D eigenvalue weighted by Gasteiger charge is -2.30. The SMILES string of the molecule is O=C(OCc1coc(-c2ccccc2)n1)C1CCN(C(=O)Nc2ccccc2)CC1. The van der Waals surface area contributed by atoms with Crippen molar-refractivity contribution in [3.8, 4) is 11.5 Å². The summed E-state index contributed by atoms with van der Waals surface area (Å²) in [5, 5.41) is 2.87. The van der Waals surface area contributed by atoms with E-state index in [0.717, 1.165) is 11.3 Å². The first kappa shape index (κ1) is 19.7. The van der Waals surface area contributed by atoms with Gasteiger partial charge in [-0.25, -0.2) is 9.78 Å². The highest BCUT2D eigenvalue weighted by Crippen LogP contribution is 2.22. The van der Waals surface area contributed by atoms with E-state index >= 15 is 0 Å². The third-order valence-electron chi connectivity index (χ3n) is 5.08. The Morgan fingerprint density at radius 1 is 1.03 bits per heavy atom. The van der Waals surface area contributed by atoms with Crippen molar-refractivity contribution in [2.24, 2.45) is 5.92 Å². The van der Waals surface area contributed by atoms with Crippen molar-refractivity contribution in [3.63, 3.8) is 0 Å². The summed E-state index contributed by atoms with van der Waals surface area (Å²) in [7, 11) is 0. The Bertz CT molecular complexity index is 980. The van der Waals surface area contributed by atoms with Crippen molar-refractivity contribution in [1.82, 2.24) is 9.88 Å². The molecule has 1 saturated heterocycles. The highest BCUT2D eigenvalue weighted by Gasteiger charge is 2.28. The highest BCUT2D eigenvalue weighted by atomic mass is 16.5. The fourth-order valence-electron chi connectivity index (χ4n) is 3.39. The van der Waals surface area contributed by atoms with Crippen LogP contribution in [-0.2, 0) is 16.1 Å². The molecule has 3 aromatic rings. The molecule has 1 fully saturated rings. The summed E-state index contributed by atoms with van der Waals surface area (Å²) in [5.74, 6) is 0.0213. The molecule has 0 radical (unpaired) electrons. The van der Waals surface area contributed by atoms with Gasteiger partial charge < -0.3 is 19.4 Å². The van der Waals surface area contributed by atoms with Crippen LogP contribution in [0.4, 0.5) is 10.5 Å². The van der Waals surface area contributed by atoms with E-state index in [1.165, 1.54) is 6.26 Å². The van der Waals surface area contributed by atoms with Gasteiger partial charge in [0.15, 0.2) is 0 Å². The number of carbonyl (C=O) groups excluding carboxylic acids is 2. The van der Waals surface area contributed by atoms with E-state index in [0.29, 0.717) is 37.5 Å². The lowest BCUT2D eigenvalue weighted by molar-refractivity contribution is -0.151. The van der Waals surface area contributed by atoms with E-state index in [1.807, 2.05) is 60.7 Å². The standard InChI is InChI=1S/C23H23N3O4/c27-22(30-16-20-15-29-21(24-20)17-7-3-1-4-8-17)18-11-13-26(14-12-18)23(28)25-19-9-5-2-6-10-19/h1-10,15,18H,11-14,16H2,(H,25,28). The van der Waals surface area contributed by atoms with Crippen LogP contribution in [0.5, 0.6) is 0 Å². The first-order valence-corrected chi connectivity index (χ1v) is 9.96. The lowest BCUT2D eigenvalue weighted by Crippen LogP contribution is -2.42. The zero-order valence-electron chi connectivity index (χ0n) is 16.5. The maximum atomic E-state index is 12.4. The number of hydrogen-bond donors (Lipinski definition) is 1. The van der Waals surface area contributed by atoms with Crippen LogP contribution in [0.1, 0.15) is 18.5 Å². The van der Waals surface area contributed by atoms with Crippen LogP contribution in [-0.4, -0.2) is 35.0 Å². The second-order valence-electron chi connectivity index (χ2n) is 7.18. The number of urea groups is 1. The van der Waals surface area contributed by atoms with Gasteiger partial charge in [-0.1, -0.05) is 36.4 Å². The summed E-state index contributed by atoms with van der Waals surface area (Å²) in [4.78, 5) is 30.9. The van der Waals surface area contributed by atoms with Gasteiger partial charge in [0.25, 0.3) is 0 Å². The van der Waals surface area contributed by atoms with E-state index in [1.54, 1.807) is 4.90 Å². The quantitative estimate of drug-likeness (QED) is 0.639. The van der Waals surface area contributed by atoms with Crippen molar-refractivity contribution in [3.05, 3.63) is 72.6 Å². The molecule has 7 nitrogen and oxygen atoms in total. The minimum absolute atomic E-state index is 0.0733. The van der Waals surface area contributed by atoms with Crippen LogP contribution in [0.25, 0.3) is 11.5 Å². The normalized spacial score (nSPS) is 14.3. The van der Waals surface area contributed by atoms with Gasteiger partial charge in [0.05, 0.1) is 5.92 Å². The van der Waals surface area contributed by atoms with Crippen molar-refractivity contribution in [1.29, 1.82) is 0 Å². The molecule has 7 heteroatoms. The molecule has 4 rings (SSSR count). The molecule has 0 spiro atoms. The molecule has 2 aromatic carbocycles. The van der Waals surface area contributed by atoms with Crippen molar-refractivity contribution < 1.29 is 18.7 Å². The fourth-order valence-corrected chi connectivity index (χ4v) is 3.39. The number of nitrogens with zero attached hydrogens (tertiary/aromatic N) is 2. The van der Waals surface area contributed by atoms with Gasteiger partial charge in [-0.2, -0.15) is 0 Å². The third-order valence-corrected chi connectivity index (χ3v) is 5.08. The van der Waals surface area contributed by atoms with Crippen molar-refractivity contribution in [2.75, 3.05) is 18.4 Å². The molecular formula is C23H23N3O4. The fraction of sp³-hybridized carbons (Fsp3) is 0.261. The van der Waals surface area contributed by atoms with Gasteiger partial charge >= 0.3 is 12.0 Å². The maximum Gasteiger partial charge on any atom is 0.321 e. The number of ether oxygens (including phenoxy) is 1. The summed E-state index contributed by atoms with van der Waals surface area (Å²) >= 11 is 0. The number of amides is 2. The topological polar surface area (TPSA) is 84.7 Å². The minimum Gasteiger partial charge on any atom is -0.459 e. The second-order valence-corrected chi connectivity index (χ2v) is 7.18. The smallest absolute Gasteiger partial charge is 0.321 e. The molecule has 0 atom stereocenters. The Morgan fingerprint density at radius 3 is 2.40 bits per heavy atom. The zero-order chi connectivity index (χ0) is 20.8. The number of likely N-dealkylation sites (tertiary alicyclic amines) is 1. The zero-order valence-corrected chi connectivity index (χ0v) is 16.5. The monoisotopic (exact) mass is 405 g/mol. The Morgan fingerprint density at radius 2 is 1.70 bits per heavy atom. The number of rotatable bonds is 5. The number of para-hydroxylation sites is 1. The average molecular weight is 405 g/mol. The molecule has 0 unspecified atom stereocenters. The maximum absolute atomic E-state index is 12.4. The largest absolute Gasteiger partial charge is 0.459 e. The molecule has 0 saturated carbocycles. The van der Waals surface area contributed by atoms with Gasteiger partial charge in [-0.05, 0) is 37.1 Å². The van der Waals surface area contributed by atoms with Gasteiger partial charge in [0.1, 0.15) is 18.6 Å². The van der Waals surface area contributed by atoms with E-state index in [4.69, 9.17) is 9.15 Å². The number of oxazole rings is 1. The van der Waals surface area contributed by atoms with E-state index in [-0.39, 0.29) is 24.5 Å². The molecule has 2 amide bonds. The van der Waals surface area contributed by atoms with E-state index < -0.39 is 0 Å².